The molecule has 1 unspecified atom stereocenters. The summed E-state index contributed by atoms with van der Waals surface area (Å²) in [6, 6.07) is 37.0. The van der Waals surface area contributed by atoms with Gasteiger partial charge in [-0.2, -0.15) is 0 Å². The third-order valence-electron chi connectivity index (χ3n) is 9.78. The predicted octanol–water partition coefficient (Wildman–Crippen LogP) is 11.3. The van der Waals surface area contributed by atoms with Gasteiger partial charge < -0.3 is 13.7 Å². The van der Waals surface area contributed by atoms with Gasteiger partial charge in [0, 0.05) is 33.8 Å². The Morgan fingerprint density at radius 2 is 1.40 bits per heavy atom. The van der Waals surface area contributed by atoms with Gasteiger partial charge in [0.1, 0.15) is 16.9 Å². The number of anilines is 2. The van der Waals surface area contributed by atoms with E-state index in [0.29, 0.717) is 5.92 Å². The largest absolute Gasteiger partial charge is 0.460 e. The molecule has 9 rings (SSSR count). The number of rotatable bonds is 4. The molecule has 210 valence electrons. The van der Waals surface area contributed by atoms with Crippen LogP contribution in [0.15, 0.2) is 118 Å². The van der Waals surface area contributed by atoms with Gasteiger partial charge in [0.05, 0.1) is 11.7 Å². The van der Waals surface area contributed by atoms with Crippen molar-refractivity contribution in [3.05, 3.63) is 126 Å². The van der Waals surface area contributed by atoms with Crippen molar-refractivity contribution in [1.29, 1.82) is 0 Å². The third kappa shape index (κ3) is 3.95. The summed E-state index contributed by atoms with van der Waals surface area (Å²) in [5.41, 5.74) is 7.79. The van der Waals surface area contributed by atoms with Gasteiger partial charge in [-0.1, -0.05) is 110 Å². The smallest absolute Gasteiger partial charge is 0.159 e. The summed E-state index contributed by atoms with van der Waals surface area (Å²) in [4.78, 5) is 2.44. The minimum absolute atomic E-state index is 0.0679. The fourth-order valence-electron chi connectivity index (χ4n) is 7.76. The molecule has 0 spiro atoms. The first-order valence-electron chi connectivity index (χ1n) is 15.7. The molecule has 2 aliphatic carbocycles. The topological polar surface area (TPSA) is 29.5 Å². The number of fused-ring (bicyclic) bond motifs is 8. The van der Waals surface area contributed by atoms with Gasteiger partial charge in [0.25, 0.3) is 0 Å². The van der Waals surface area contributed by atoms with Gasteiger partial charge in [-0.3, -0.25) is 0 Å². The molecule has 0 aliphatic heterocycles. The summed E-state index contributed by atoms with van der Waals surface area (Å²) in [6.45, 7) is 0. The van der Waals surface area contributed by atoms with Crippen LogP contribution in [0.4, 0.5) is 11.4 Å². The summed E-state index contributed by atoms with van der Waals surface area (Å²) in [6.07, 6.45) is 11.9. The number of benzene rings is 5. The molecular weight excluding hydrogens is 526 g/mol. The Bertz CT molecular complexity index is 2160. The van der Waals surface area contributed by atoms with E-state index in [0.717, 1.165) is 40.3 Å². The molecule has 1 fully saturated rings. The monoisotopic (exact) mass is 559 g/mol. The van der Waals surface area contributed by atoms with Crippen molar-refractivity contribution in [3.8, 4) is 0 Å². The van der Waals surface area contributed by atoms with E-state index in [-0.39, 0.29) is 6.04 Å². The SMILES string of the molecule is C1=CC(N(c2ccccc2)c2cccc3c2oc2c(C4CCCCC4)cccc23)Cc2oc3ccc4ccccc4c3c21. The number of para-hydroxylation sites is 3. The Labute approximate surface area is 251 Å². The Hall–Kier alpha value is -4.76. The zero-order chi connectivity index (χ0) is 28.3. The first-order chi connectivity index (χ1) is 21.3. The Morgan fingerprint density at radius 1 is 0.628 bits per heavy atom. The van der Waals surface area contributed by atoms with Gasteiger partial charge in [0.2, 0.25) is 0 Å². The van der Waals surface area contributed by atoms with Crippen molar-refractivity contribution in [2.45, 2.75) is 50.5 Å². The minimum Gasteiger partial charge on any atom is -0.460 e. The zero-order valence-corrected chi connectivity index (χ0v) is 24.1. The molecule has 5 aromatic carbocycles. The van der Waals surface area contributed by atoms with Crippen LogP contribution in [0.3, 0.4) is 0 Å². The van der Waals surface area contributed by atoms with Gasteiger partial charge in [-0.15, -0.1) is 0 Å². The van der Waals surface area contributed by atoms with Crippen LogP contribution in [-0.2, 0) is 6.42 Å². The van der Waals surface area contributed by atoms with E-state index in [9.17, 15) is 0 Å². The molecule has 1 saturated carbocycles. The van der Waals surface area contributed by atoms with E-state index in [1.807, 2.05) is 0 Å². The van der Waals surface area contributed by atoms with Gasteiger partial charge in [-0.05, 0) is 59.4 Å². The molecule has 0 N–H and O–H groups in total. The number of nitrogens with zero attached hydrogens (tertiary/aromatic N) is 1. The zero-order valence-electron chi connectivity index (χ0n) is 24.1. The Kier molecular flexibility index (Phi) is 5.72. The van der Waals surface area contributed by atoms with Crippen LogP contribution < -0.4 is 4.90 Å². The standard InChI is InChI=1S/C40H33NO2/c1-3-11-26(12-4-1)31-17-9-18-32-33-19-10-20-35(40(33)43-39(31)32)41(28-14-5-2-6-15-28)29-22-23-34-37(25-29)42-36-24-21-27-13-7-8-16-30(27)38(34)36/h2,5-10,13-24,26,29H,1,3-4,11-12,25H2. The summed E-state index contributed by atoms with van der Waals surface area (Å²) in [5.74, 6) is 1.62. The van der Waals surface area contributed by atoms with Crippen LogP contribution in [-0.4, -0.2) is 6.04 Å². The Balaban J connectivity index is 1.20. The molecule has 0 amide bonds. The summed E-state index contributed by atoms with van der Waals surface area (Å²) < 4.78 is 13.5. The molecule has 0 radical (unpaired) electrons. The average Bonchev–Trinajstić information content (AvgIpc) is 3.65. The van der Waals surface area contributed by atoms with E-state index >= 15 is 0 Å². The quantitative estimate of drug-likeness (QED) is 0.215. The van der Waals surface area contributed by atoms with Crippen molar-refractivity contribution >= 4 is 61.1 Å². The molecule has 2 aromatic heterocycles. The van der Waals surface area contributed by atoms with Gasteiger partial charge in [0.15, 0.2) is 5.58 Å². The normalized spacial score (nSPS) is 17.3. The lowest BCUT2D eigenvalue weighted by Crippen LogP contribution is -2.32. The van der Waals surface area contributed by atoms with Crippen LogP contribution in [0, 0.1) is 0 Å². The number of furan rings is 2. The molecule has 2 aliphatic rings. The molecule has 3 heteroatoms. The van der Waals surface area contributed by atoms with Crippen molar-refractivity contribution in [3.63, 3.8) is 0 Å². The number of hydrogen-bond acceptors (Lipinski definition) is 3. The Morgan fingerprint density at radius 3 is 2.28 bits per heavy atom. The lowest BCUT2D eigenvalue weighted by molar-refractivity contribution is 0.442. The highest BCUT2D eigenvalue weighted by Gasteiger charge is 2.29. The molecule has 43 heavy (non-hydrogen) atoms. The second-order valence-electron chi connectivity index (χ2n) is 12.2. The summed E-state index contributed by atoms with van der Waals surface area (Å²) in [7, 11) is 0. The molecule has 0 saturated heterocycles. The first-order valence-corrected chi connectivity index (χ1v) is 15.7. The lowest BCUT2D eigenvalue weighted by atomic mass is 9.83. The maximum atomic E-state index is 6.94. The van der Waals surface area contributed by atoms with E-state index in [2.05, 4.69) is 120 Å². The van der Waals surface area contributed by atoms with Crippen LogP contribution >= 0.6 is 0 Å². The van der Waals surface area contributed by atoms with Crippen LogP contribution in [0.5, 0.6) is 0 Å². The van der Waals surface area contributed by atoms with Crippen molar-refractivity contribution < 1.29 is 8.83 Å². The fourth-order valence-corrected chi connectivity index (χ4v) is 7.76. The van der Waals surface area contributed by atoms with Crippen LogP contribution in [0.2, 0.25) is 0 Å². The van der Waals surface area contributed by atoms with E-state index < -0.39 is 0 Å². The molecule has 0 bridgehead atoms. The average molecular weight is 560 g/mol. The third-order valence-corrected chi connectivity index (χ3v) is 9.78. The molecule has 1 atom stereocenters. The summed E-state index contributed by atoms with van der Waals surface area (Å²) >= 11 is 0. The van der Waals surface area contributed by atoms with Gasteiger partial charge in [-0.25, -0.2) is 0 Å². The maximum absolute atomic E-state index is 6.94. The lowest BCUT2D eigenvalue weighted by Gasteiger charge is -2.33. The highest BCUT2D eigenvalue weighted by atomic mass is 16.3. The second-order valence-corrected chi connectivity index (χ2v) is 12.2. The van der Waals surface area contributed by atoms with E-state index in [1.165, 1.54) is 70.2 Å². The minimum atomic E-state index is 0.0679. The van der Waals surface area contributed by atoms with Crippen molar-refractivity contribution in [1.82, 2.24) is 0 Å². The second kappa shape index (κ2) is 9.91. The summed E-state index contributed by atoms with van der Waals surface area (Å²) in [5, 5.41) is 6.10. The van der Waals surface area contributed by atoms with Crippen molar-refractivity contribution in [2.75, 3.05) is 4.90 Å². The first kappa shape index (κ1) is 24.8. The predicted molar refractivity (Wildman–Crippen MR) is 178 cm³/mol. The van der Waals surface area contributed by atoms with E-state index in [4.69, 9.17) is 8.83 Å². The van der Waals surface area contributed by atoms with Gasteiger partial charge >= 0.3 is 0 Å². The maximum Gasteiger partial charge on any atom is 0.159 e. The fraction of sp³-hybridized carbons (Fsp3) is 0.200. The molecular formula is C40H33NO2. The highest BCUT2D eigenvalue weighted by molar-refractivity contribution is 6.11. The highest BCUT2D eigenvalue weighted by Crippen LogP contribution is 2.45. The van der Waals surface area contributed by atoms with Crippen LogP contribution in [0.1, 0.15) is 54.9 Å². The van der Waals surface area contributed by atoms with Crippen molar-refractivity contribution in [2.24, 2.45) is 0 Å². The number of hydrogen-bond donors (Lipinski definition) is 0. The molecule has 2 heterocycles. The molecule has 3 nitrogen and oxygen atoms in total. The van der Waals surface area contributed by atoms with Crippen LogP contribution in [0.25, 0.3) is 49.8 Å². The molecule has 7 aromatic rings. The van der Waals surface area contributed by atoms with E-state index in [1.54, 1.807) is 0 Å².